The van der Waals surface area contributed by atoms with E-state index in [-0.39, 0.29) is 23.1 Å². The van der Waals surface area contributed by atoms with E-state index in [9.17, 15) is 14.3 Å². The molecule has 6 heteroatoms. The number of carbonyl (C=O) groups excluding carboxylic acids is 1. The molecule has 2 aromatic rings. The van der Waals surface area contributed by atoms with Crippen molar-refractivity contribution in [3.63, 3.8) is 0 Å². The second-order valence-electron chi connectivity index (χ2n) is 6.26. The van der Waals surface area contributed by atoms with Crippen molar-refractivity contribution in [3.05, 3.63) is 36.3 Å². The van der Waals surface area contributed by atoms with Crippen LogP contribution in [0.5, 0.6) is 11.5 Å². The normalized spacial score (nSPS) is 15.0. The monoisotopic (exact) mass is 344 g/mol. The summed E-state index contributed by atoms with van der Waals surface area (Å²) in [5.74, 6) is 0.0759. The zero-order valence-corrected chi connectivity index (χ0v) is 14.1. The predicted molar refractivity (Wildman–Crippen MR) is 93.1 cm³/mol. The number of carbonyl (C=O) groups is 1. The molecule has 2 N–H and O–H groups in total. The Bertz CT molecular complexity index is 773. The van der Waals surface area contributed by atoms with Crippen molar-refractivity contribution in [1.29, 1.82) is 0 Å². The Morgan fingerprint density at radius 1 is 1.24 bits per heavy atom. The summed E-state index contributed by atoms with van der Waals surface area (Å²) in [4.78, 5) is 16.3. The first-order valence-electron chi connectivity index (χ1n) is 8.42. The zero-order chi connectivity index (χ0) is 17.8. The van der Waals surface area contributed by atoms with Gasteiger partial charge in [-0.1, -0.05) is 19.3 Å². The number of hydrogen-bond donors (Lipinski definition) is 2. The molecular formula is C19H21FN2O3. The maximum absolute atomic E-state index is 14.3. The summed E-state index contributed by atoms with van der Waals surface area (Å²) in [6.45, 7) is 0. The number of methoxy groups -OCH3 is 1. The van der Waals surface area contributed by atoms with Gasteiger partial charge in [0.1, 0.15) is 23.1 Å². The van der Waals surface area contributed by atoms with Gasteiger partial charge in [0.25, 0.3) is 0 Å². The van der Waals surface area contributed by atoms with Crippen LogP contribution in [0.4, 0.5) is 10.2 Å². The van der Waals surface area contributed by atoms with E-state index < -0.39 is 5.82 Å². The summed E-state index contributed by atoms with van der Waals surface area (Å²) in [5.41, 5.74) is 0.735. The number of amides is 1. The van der Waals surface area contributed by atoms with Crippen LogP contribution < -0.4 is 10.1 Å². The van der Waals surface area contributed by atoms with Crippen LogP contribution in [0.25, 0.3) is 11.1 Å². The zero-order valence-electron chi connectivity index (χ0n) is 14.1. The minimum Gasteiger partial charge on any atom is -0.508 e. The second kappa shape index (κ2) is 7.51. The van der Waals surface area contributed by atoms with E-state index in [0.29, 0.717) is 17.1 Å². The van der Waals surface area contributed by atoms with Gasteiger partial charge in [0.15, 0.2) is 0 Å². The highest BCUT2D eigenvalue weighted by molar-refractivity contribution is 5.92. The van der Waals surface area contributed by atoms with Gasteiger partial charge in [-0.05, 0) is 31.0 Å². The number of phenols is 1. The van der Waals surface area contributed by atoms with Gasteiger partial charge in [-0.25, -0.2) is 9.37 Å². The molecule has 1 amide bonds. The number of ether oxygens (including phenoxy) is 1. The Kier molecular flexibility index (Phi) is 5.16. The topological polar surface area (TPSA) is 71.5 Å². The molecule has 0 atom stereocenters. The third kappa shape index (κ3) is 3.90. The highest BCUT2D eigenvalue weighted by Gasteiger charge is 2.22. The van der Waals surface area contributed by atoms with Gasteiger partial charge < -0.3 is 15.2 Å². The molecule has 0 aliphatic heterocycles. The standard InChI is InChI=1S/C19H21FN2O3/c1-25-17-9-13(23)7-8-14(17)15-10-18(21-11-16(15)20)22-19(24)12-5-3-2-4-6-12/h7-12,23H,2-6H2,1H3,(H,21,22,24). The van der Waals surface area contributed by atoms with Crippen LogP contribution in [-0.2, 0) is 4.79 Å². The molecule has 0 unspecified atom stereocenters. The summed E-state index contributed by atoms with van der Waals surface area (Å²) in [6, 6.07) is 5.93. The number of halogens is 1. The molecule has 25 heavy (non-hydrogen) atoms. The lowest BCUT2D eigenvalue weighted by Gasteiger charge is -2.20. The van der Waals surface area contributed by atoms with Crippen LogP contribution in [0.3, 0.4) is 0 Å². The maximum Gasteiger partial charge on any atom is 0.228 e. The van der Waals surface area contributed by atoms with Crippen LogP contribution in [0.1, 0.15) is 32.1 Å². The first-order valence-corrected chi connectivity index (χ1v) is 8.42. The number of benzene rings is 1. The first kappa shape index (κ1) is 17.2. The van der Waals surface area contributed by atoms with Gasteiger partial charge in [-0.3, -0.25) is 4.79 Å². The fraction of sp³-hybridized carbons (Fsp3) is 0.368. The molecule has 1 aliphatic carbocycles. The summed E-state index contributed by atoms with van der Waals surface area (Å²) in [6.07, 6.45) is 6.13. The van der Waals surface area contributed by atoms with Crippen molar-refractivity contribution < 1.29 is 19.0 Å². The predicted octanol–water partition coefficient (Wildman–Crippen LogP) is 4.12. The fourth-order valence-corrected chi connectivity index (χ4v) is 3.21. The number of anilines is 1. The average Bonchev–Trinajstić information content (AvgIpc) is 2.64. The van der Waals surface area contributed by atoms with E-state index >= 15 is 0 Å². The number of aromatic nitrogens is 1. The number of aromatic hydroxyl groups is 1. The van der Waals surface area contributed by atoms with Crippen LogP contribution in [0, 0.1) is 11.7 Å². The number of nitrogens with zero attached hydrogens (tertiary/aromatic N) is 1. The van der Waals surface area contributed by atoms with E-state index in [1.54, 1.807) is 6.07 Å². The van der Waals surface area contributed by atoms with Crippen molar-refractivity contribution in [1.82, 2.24) is 4.98 Å². The third-order valence-electron chi connectivity index (χ3n) is 4.56. The van der Waals surface area contributed by atoms with Crippen molar-refractivity contribution in [2.24, 2.45) is 5.92 Å². The number of nitrogens with one attached hydrogen (secondary N) is 1. The summed E-state index contributed by atoms with van der Waals surface area (Å²) < 4.78 is 19.5. The lowest BCUT2D eigenvalue weighted by atomic mass is 9.89. The van der Waals surface area contributed by atoms with Crippen molar-refractivity contribution in [2.45, 2.75) is 32.1 Å². The van der Waals surface area contributed by atoms with Crippen LogP contribution in [-0.4, -0.2) is 23.1 Å². The van der Waals surface area contributed by atoms with Crippen LogP contribution in [0.2, 0.25) is 0 Å². The number of pyridine rings is 1. The molecule has 132 valence electrons. The molecule has 1 aromatic heterocycles. The van der Waals surface area contributed by atoms with Crippen molar-refractivity contribution >= 4 is 11.7 Å². The van der Waals surface area contributed by atoms with Crippen LogP contribution >= 0.6 is 0 Å². The lowest BCUT2D eigenvalue weighted by Crippen LogP contribution is -2.25. The largest absolute Gasteiger partial charge is 0.508 e. The van der Waals surface area contributed by atoms with Gasteiger partial charge in [0.2, 0.25) is 5.91 Å². The highest BCUT2D eigenvalue weighted by atomic mass is 19.1. The van der Waals surface area contributed by atoms with E-state index in [2.05, 4.69) is 10.3 Å². The molecule has 1 aromatic carbocycles. The Morgan fingerprint density at radius 3 is 2.72 bits per heavy atom. The Balaban J connectivity index is 1.87. The summed E-state index contributed by atoms with van der Waals surface area (Å²) >= 11 is 0. The fourth-order valence-electron chi connectivity index (χ4n) is 3.21. The molecule has 0 spiro atoms. The molecule has 5 nitrogen and oxygen atoms in total. The molecule has 3 rings (SSSR count). The SMILES string of the molecule is COc1cc(O)ccc1-c1cc(NC(=O)C2CCCCC2)ncc1F. The number of rotatable bonds is 4. The maximum atomic E-state index is 14.3. The second-order valence-corrected chi connectivity index (χ2v) is 6.26. The molecular weight excluding hydrogens is 323 g/mol. The molecule has 0 bridgehead atoms. The minimum absolute atomic E-state index is 0.00717. The van der Waals surface area contributed by atoms with E-state index in [0.717, 1.165) is 31.9 Å². The number of hydrogen-bond acceptors (Lipinski definition) is 4. The minimum atomic E-state index is -0.528. The molecule has 1 heterocycles. The van der Waals surface area contributed by atoms with Crippen LogP contribution in [0.15, 0.2) is 30.5 Å². The average molecular weight is 344 g/mol. The third-order valence-corrected chi connectivity index (χ3v) is 4.56. The van der Waals surface area contributed by atoms with Crippen molar-refractivity contribution in [2.75, 3.05) is 12.4 Å². The Hall–Kier alpha value is -2.63. The van der Waals surface area contributed by atoms with Gasteiger partial charge >= 0.3 is 0 Å². The smallest absolute Gasteiger partial charge is 0.228 e. The lowest BCUT2D eigenvalue weighted by molar-refractivity contribution is -0.120. The van der Waals surface area contributed by atoms with E-state index in [1.807, 2.05) is 0 Å². The van der Waals surface area contributed by atoms with Crippen molar-refractivity contribution in [3.8, 4) is 22.6 Å². The van der Waals surface area contributed by atoms with E-state index in [1.165, 1.54) is 31.7 Å². The Labute approximate surface area is 145 Å². The molecule has 0 saturated heterocycles. The molecule has 0 radical (unpaired) electrons. The van der Waals surface area contributed by atoms with E-state index in [4.69, 9.17) is 4.74 Å². The van der Waals surface area contributed by atoms with Gasteiger partial charge in [-0.15, -0.1) is 0 Å². The Morgan fingerprint density at radius 2 is 2.00 bits per heavy atom. The van der Waals surface area contributed by atoms with Gasteiger partial charge in [0, 0.05) is 23.1 Å². The molecule has 1 aliphatic rings. The summed E-state index contributed by atoms with van der Waals surface area (Å²) in [5, 5.41) is 12.4. The molecule has 1 saturated carbocycles. The van der Waals surface area contributed by atoms with Gasteiger partial charge in [-0.2, -0.15) is 0 Å². The molecule has 1 fully saturated rings. The summed E-state index contributed by atoms with van der Waals surface area (Å²) in [7, 11) is 1.45. The quantitative estimate of drug-likeness (QED) is 0.875. The first-order chi connectivity index (χ1) is 12.1. The number of phenolic OH excluding ortho intramolecular Hbond substituents is 1. The highest BCUT2D eigenvalue weighted by Crippen LogP contribution is 2.35. The van der Waals surface area contributed by atoms with Gasteiger partial charge in [0.05, 0.1) is 13.3 Å².